The molecule has 2 aromatic carbocycles. The van der Waals surface area contributed by atoms with Gasteiger partial charge in [0, 0.05) is 22.7 Å². The number of carbonyl (C=O) groups is 2. The number of nitrogens with two attached hydrogens (primary N) is 1. The van der Waals surface area contributed by atoms with E-state index in [0.29, 0.717) is 46.9 Å². The molecule has 0 radical (unpaired) electrons. The number of ketones is 1. The minimum atomic E-state index is -0.675. The third-order valence-corrected chi connectivity index (χ3v) is 6.82. The molecule has 2 aromatic rings. The van der Waals surface area contributed by atoms with Crippen molar-refractivity contribution in [3.63, 3.8) is 0 Å². The number of fused-ring (bicyclic) bond motifs is 1. The van der Waals surface area contributed by atoms with Crippen LogP contribution in [0, 0.1) is 6.92 Å². The third kappa shape index (κ3) is 3.35. The van der Waals surface area contributed by atoms with Crippen molar-refractivity contribution in [3.05, 3.63) is 75.2 Å². The highest BCUT2D eigenvalue weighted by molar-refractivity contribution is 6.31. The second-order valence-electron chi connectivity index (χ2n) is 8.19. The van der Waals surface area contributed by atoms with Crippen LogP contribution in [0.1, 0.15) is 36.3 Å². The van der Waals surface area contributed by atoms with Crippen molar-refractivity contribution >= 4 is 29.0 Å². The standard InChI is InChI=1S/C25H23ClN2O5/c1-13-15(26)5-3-6-16(13)28-17-7-4-8-18(29)22(17)21(23(24(28)27)25(30)31-2)14-9-10-19-20(11-14)33-12-32-19/h3,5-6,9-11,21H,4,7-8,12,27H2,1-2H3. The summed E-state index contributed by atoms with van der Waals surface area (Å²) >= 11 is 6.41. The minimum Gasteiger partial charge on any atom is -0.466 e. The van der Waals surface area contributed by atoms with Gasteiger partial charge in [0.05, 0.1) is 24.3 Å². The number of esters is 1. The summed E-state index contributed by atoms with van der Waals surface area (Å²) in [7, 11) is 1.31. The first kappa shape index (κ1) is 21.4. The predicted octanol–water partition coefficient (Wildman–Crippen LogP) is 4.33. The van der Waals surface area contributed by atoms with Crippen molar-refractivity contribution in [1.82, 2.24) is 0 Å². The molecule has 5 rings (SSSR count). The second-order valence-corrected chi connectivity index (χ2v) is 8.60. The van der Waals surface area contributed by atoms with Crippen LogP contribution >= 0.6 is 11.6 Å². The lowest BCUT2D eigenvalue weighted by atomic mass is 9.75. The molecule has 1 aliphatic carbocycles. The van der Waals surface area contributed by atoms with Crippen molar-refractivity contribution in [2.75, 3.05) is 18.8 Å². The van der Waals surface area contributed by atoms with E-state index in [1.165, 1.54) is 7.11 Å². The van der Waals surface area contributed by atoms with Gasteiger partial charge in [-0.3, -0.25) is 9.69 Å². The summed E-state index contributed by atoms with van der Waals surface area (Å²) in [5.41, 5.74) is 10.5. The number of rotatable bonds is 3. The maximum atomic E-state index is 13.4. The van der Waals surface area contributed by atoms with E-state index in [2.05, 4.69) is 0 Å². The predicted molar refractivity (Wildman–Crippen MR) is 123 cm³/mol. The molecular weight excluding hydrogens is 444 g/mol. The van der Waals surface area contributed by atoms with Crippen molar-refractivity contribution in [3.8, 4) is 11.5 Å². The summed E-state index contributed by atoms with van der Waals surface area (Å²) in [5.74, 6) is 0.122. The fraction of sp³-hybridized carbons (Fsp3) is 0.280. The average Bonchev–Trinajstić information content (AvgIpc) is 3.28. The smallest absolute Gasteiger partial charge is 0.338 e. The molecule has 0 saturated heterocycles. The summed E-state index contributed by atoms with van der Waals surface area (Å²) < 4.78 is 16.1. The average molecular weight is 467 g/mol. The number of methoxy groups -OCH3 is 1. The molecule has 2 heterocycles. The Bertz CT molecular complexity index is 1250. The van der Waals surface area contributed by atoms with Crippen LogP contribution in [-0.2, 0) is 14.3 Å². The van der Waals surface area contributed by atoms with Crippen molar-refractivity contribution in [2.45, 2.75) is 32.1 Å². The molecule has 0 fully saturated rings. The fourth-order valence-electron chi connectivity index (χ4n) is 4.84. The van der Waals surface area contributed by atoms with Crippen LogP contribution < -0.4 is 20.1 Å². The topological polar surface area (TPSA) is 91.1 Å². The zero-order valence-electron chi connectivity index (χ0n) is 18.3. The Morgan fingerprint density at radius 3 is 2.76 bits per heavy atom. The third-order valence-electron chi connectivity index (χ3n) is 6.41. The Kier molecular flexibility index (Phi) is 5.29. The Balaban J connectivity index is 1.78. The van der Waals surface area contributed by atoms with Crippen molar-refractivity contribution in [2.24, 2.45) is 5.73 Å². The monoisotopic (exact) mass is 466 g/mol. The molecule has 0 aromatic heterocycles. The van der Waals surface area contributed by atoms with Gasteiger partial charge in [-0.15, -0.1) is 0 Å². The van der Waals surface area contributed by atoms with E-state index < -0.39 is 11.9 Å². The fourth-order valence-corrected chi connectivity index (χ4v) is 5.01. The van der Waals surface area contributed by atoms with Crippen molar-refractivity contribution < 1.29 is 23.8 Å². The molecule has 1 atom stereocenters. The van der Waals surface area contributed by atoms with Crippen LogP contribution in [0.4, 0.5) is 5.69 Å². The molecule has 0 saturated carbocycles. The van der Waals surface area contributed by atoms with Gasteiger partial charge in [0.1, 0.15) is 5.82 Å². The molecular formula is C25H23ClN2O5. The van der Waals surface area contributed by atoms with Crippen LogP contribution in [0.25, 0.3) is 0 Å². The number of hydrogen-bond acceptors (Lipinski definition) is 7. The zero-order valence-corrected chi connectivity index (χ0v) is 19.1. The highest BCUT2D eigenvalue weighted by Gasteiger charge is 2.43. The normalized spacial score (nSPS) is 19.7. The van der Waals surface area contributed by atoms with Crippen LogP contribution in [0.2, 0.25) is 5.02 Å². The van der Waals surface area contributed by atoms with Gasteiger partial charge in [-0.2, -0.15) is 0 Å². The molecule has 0 amide bonds. The molecule has 2 N–H and O–H groups in total. The van der Waals surface area contributed by atoms with Gasteiger partial charge in [0.2, 0.25) is 6.79 Å². The number of nitrogens with zero attached hydrogens (tertiary/aromatic N) is 1. The quantitative estimate of drug-likeness (QED) is 0.673. The molecule has 1 unspecified atom stereocenters. The van der Waals surface area contributed by atoms with Crippen LogP contribution in [0.15, 0.2) is 59.1 Å². The van der Waals surface area contributed by atoms with Crippen molar-refractivity contribution in [1.29, 1.82) is 0 Å². The largest absolute Gasteiger partial charge is 0.466 e. The molecule has 0 bridgehead atoms. The van der Waals surface area contributed by atoms with E-state index in [-0.39, 0.29) is 24.0 Å². The minimum absolute atomic E-state index is 0.0162. The maximum absolute atomic E-state index is 13.4. The summed E-state index contributed by atoms with van der Waals surface area (Å²) in [6, 6.07) is 10.9. The number of benzene rings is 2. The Morgan fingerprint density at radius 2 is 1.97 bits per heavy atom. The number of anilines is 1. The van der Waals surface area contributed by atoms with Crippen LogP contribution in [-0.4, -0.2) is 25.7 Å². The number of halogens is 1. The highest BCUT2D eigenvalue weighted by Crippen LogP contribution is 2.49. The lowest BCUT2D eigenvalue weighted by Crippen LogP contribution is -2.41. The lowest BCUT2D eigenvalue weighted by Gasteiger charge is -2.41. The summed E-state index contributed by atoms with van der Waals surface area (Å²) in [5, 5.41) is 0.571. The summed E-state index contributed by atoms with van der Waals surface area (Å²) in [6.45, 7) is 2.01. The van der Waals surface area contributed by atoms with Gasteiger partial charge in [-0.25, -0.2) is 4.79 Å². The first-order valence-electron chi connectivity index (χ1n) is 10.7. The molecule has 170 valence electrons. The Morgan fingerprint density at radius 1 is 1.18 bits per heavy atom. The van der Waals surface area contributed by atoms with Gasteiger partial charge in [0.25, 0.3) is 0 Å². The van der Waals surface area contributed by atoms with Gasteiger partial charge in [-0.05, 0) is 55.2 Å². The van der Waals surface area contributed by atoms with E-state index in [9.17, 15) is 9.59 Å². The van der Waals surface area contributed by atoms with Crippen LogP contribution in [0.5, 0.6) is 11.5 Å². The first-order valence-corrected chi connectivity index (χ1v) is 11.1. The van der Waals surface area contributed by atoms with E-state index in [1.54, 1.807) is 23.1 Å². The SMILES string of the molecule is COC(=O)C1=C(N)N(c2cccc(Cl)c2C)C2=C(C(=O)CCC2)C1c1ccc2c(c1)OCO2. The van der Waals surface area contributed by atoms with Gasteiger partial charge in [0.15, 0.2) is 17.3 Å². The number of hydrogen-bond donors (Lipinski definition) is 1. The zero-order chi connectivity index (χ0) is 23.3. The summed E-state index contributed by atoms with van der Waals surface area (Å²) in [6.07, 6.45) is 1.74. The lowest BCUT2D eigenvalue weighted by molar-refractivity contribution is -0.136. The Hall–Kier alpha value is -3.45. The van der Waals surface area contributed by atoms with Gasteiger partial charge < -0.3 is 19.9 Å². The summed E-state index contributed by atoms with van der Waals surface area (Å²) in [4.78, 5) is 28.3. The number of ether oxygens (including phenoxy) is 3. The molecule has 0 spiro atoms. The van der Waals surface area contributed by atoms with E-state index in [1.807, 2.05) is 25.1 Å². The van der Waals surface area contributed by atoms with E-state index in [0.717, 1.165) is 16.9 Å². The maximum Gasteiger partial charge on any atom is 0.338 e. The number of allylic oxidation sites excluding steroid dienone is 2. The van der Waals surface area contributed by atoms with Gasteiger partial charge in [-0.1, -0.05) is 23.7 Å². The molecule has 7 nitrogen and oxygen atoms in total. The molecule has 33 heavy (non-hydrogen) atoms. The van der Waals surface area contributed by atoms with E-state index in [4.69, 9.17) is 31.5 Å². The van der Waals surface area contributed by atoms with Gasteiger partial charge >= 0.3 is 5.97 Å². The molecule has 3 aliphatic rings. The van der Waals surface area contributed by atoms with E-state index >= 15 is 0 Å². The first-order chi connectivity index (χ1) is 15.9. The highest BCUT2D eigenvalue weighted by atomic mass is 35.5. The number of Topliss-reactive ketones (excluding diaryl/α,β-unsaturated/α-hetero) is 1. The second kappa shape index (κ2) is 8.15. The number of carbonyl (C=O) groups excluding carboxylic acids is 2. The Labute approximate surface area is 196 Å². The van der Waals surface area contributed by atoms with Crippen LogP contribution in [0.3, 0.4) is 0 Å². The molecule has 8 heteroatoms. The molecule has 2 aliphatic heterocycles.